The monoisotopic (exact) mass is 424 g/mol. The Morgan fingerprint density at radius 1 is 1.20 bits per heavy atom. The highest BCUT2D eigenvalue weighted by Gasteiger charge is 2.16. The Labute approximate surface area is 181 Å². The van der Waals surface area contributed by atoms with E-state index in [2.05, 4.69) is 31.8 Å². The minimum atomic E-state index is -0.0935. The molecule has 0 atom stereocenters. The van der Waals surface area contributed by atoms with E-state index in [0.29, 0.717) is 17.1 Å². The molecule has 0 spiro atoms. The molecule has 0 unspecified atom stereocenters. The number of nitrogens with zero attached hydrogens (tertiary/aromatic N) is 3. The van der Waals surface area contributed by atoms with Gasteiger partial charge in [-0.15, -0.1) is 0 Å². The van der Waals surface area contributed by atoms with Crippen LogP contribution in [-0.2, 0) is 17.8 Å². The summed E-state index contributed by atoms with van der Waals surface area (Å²) < 4.78 is 2.37. The van der Waals surface area contributed by atoms with Crippen molar-refractivity contribution in [1.82, 2.24) is 25.0 Å². The molecule has 3 N–H and O–H groups in total. The maximum absolute atomic E-state index is 12.5. The number of anilines is 1. The number of aryl methyl sites for hydroxylation is 1. The molecule has 1 fully saturated rings. The molecule has 1 amide bonds. The quantitative estimate of drug-likeness (QED) is 0.476. The number of benzene rings is 1. The fourth-order valence-electron chi connectivity index (χ4n) is 4.18. The Bertz CT molecular complexity index is 1060. The second-order valence-electron chi connectivity index (χ2n) is 8.16. The molecule has 3 aromatic rings. The average molecular weight is 425 g/mol. The van der Waals surface area contributed by atoms with E-state index in [9.17, 15) is 4.79 Å². The van der Waals surface area contributed by atoms with Gasteiger partial charge < -0.3 is 5.32 Å². The van der Waals surface area contributed by atoms with Gasteiger partial charge in [0, 0.05) is 30.3 Å². The Kier molecular flexibility index (Phi) is 6.42. The summed E-state index contributed by atoms with van der Waals surface area (Å²) in [6, 6.07) is 10.0. The van der Waals surface area contributed by atoms with Gasteiger partial charge >= 0.3 is 0 Å². The summed E-state index contributed by atoms with van der Waals surface area (Å²) in [6.45, 7) is 2.48. The third-order valence-corrected chi connectivity index (χ3v) is 6.04. The van der Waals surface area contributed by atoms with Gasteiger partial charge in [-0.3, -0.25) is 19.6 Å². The minimum Gasteiger partial charge on any atom is -0.309 e. The molecule has 0 radical (unpaired) electrons. The van der Waals surface area contributed by atoms with Crippen LogP contribution in [0.25, 0.3) is 11.4 Å². The summed E-state index contributed by atoms with van der Waals surface area (Å²) in [6.07, 6.45) is 7.87. The van der Waals surface area contributed by atoms with Crippen LogP contribution >= 0.6 is 12.2 Å². The summed E-state index contributed by atoms with van der Waals surface area (Å²) in [5.41, 5.74) is 3.21. The van der Waals surface area contributed by atoms with Gasteiger partial charge in [0.25, 0.3) is 0 Å². The van der Waals surface area contributed by atoms with Crippen molar-refractivity contribution < 1.29 is 4.79 Å². The van der Waals surface area contributed by atoms with Crippen molar-refractivity contribution in [2.45, 2.75) is 58.4 Å². The molecule has 0 aliphatic heterocycles. The van der Waals surface area contributed by atoms with Gasteiger partial charge in [0.05, 0.1) is 0 Å². The molecular formula is C22H28N6OS. The van der Waals surface area contributed by atoms with Crippen molar-refractivity contribution in [1.29, 1.82) is 0 Å². The van der Waals surface area contributed by atoms with Crippen molar-refractivity contribution in [2.75, 3.05) is 5.32 Å². The fraction of sp³-hybridized carbons (Fsp3) is 0.455. The first-order chi connectivity index (χ1) is 14.6. The highest BCUT2D eigenvalue weighted by atomic mass is 32.1. The van der Waals surface area contributed by atoms with E-state index < -0.39 is 0 Å². The molecular weight excluding hydrogens is 396 g/mol. The van der Waals surface area contributed by atoms with Gasteiger partial charge in [-0.1, -0.05) is 55.9 Å². The Hall–Kier alpha value is -2.74. The molecule has 158 valence electrons. The van der Waals surface area contributed by atoms with Crippen LogP contribution in [0.4, 0.5) is 5.82 Å². The summed E-state index contributed by atoms with van der Waals surface area (Å²) in [5, 5.41) is 17.4. The van der Waals surface area contributed by atoms with Crippen LogP contribution in [0.2, 0.25) is 0 Å². The predicted octanol–water partition coefficient (Wildman–Crippen LogP) is 4.79. The van der Waals surface area contributed by atoms with Gasteiger partial charge in [-0.2, -0.15) is 10.2 Å². The van der Waals surface area contributed by atoms with Crippen molar-refractivity contribution in [3.8, 4) is 11.4 Å². The zero-order chi connectivity index (χ0) is 20.9. The number of H-pyrrole nitrogens is 2. The van der Waals surface area contributed by atoms with Crippen LogP contribution in [0, 0.1) is 17.6 Å². The SMILES string of the molecule is Cc1cccc(-c2n[nH]c(=S)n2CCC(=O)Nc2cc(CC3CCCCC3)[nH]n2)c1. The van der Waals surface area contributed by atoms with Crippen LogP contribution < -0.4 is 5.32 Å². The highest BCUT2D eigenvalue weighted by Crippen LogP contribution is 2.26. The van der Waals surface area contributed by atoms with E-state index in [4.69, 9.17) is 12.2 Å². The zero-order valence-electron chi connectivity index (χ0n) is 17.3. The summed E-state index contributed by atoms with van der Waals surface area (Å²) in [7, 11) is 0. The van der Waals surface area contributed by atoms with E-state index in [0.717, 1.165) is 35.0 Å². The topological polar surface area (TPSA) is 91.4 Å². The second-order valence-corrected chi connectivity index (χ2v) is 8.54. The molecule has 30 heavy (non-hydrogen) atoms. The molecule has 1 saturated carbocycles. The standard InChI is InChI=1S/C22H28N6OS/c1-15-6-5-9-17(12-15)21-26-27-22(30)28(21)11-10-20(29)23-19-14-18(24-25-19)13-16-7-3-2-4-8-16/h5-6,9,12,14,16H,2-4,7-8,10-11,13H2,1H3,(H,27,30)(H2,23,24,25,29). The summed E-state index contributed by atoms with van der Waals surface area (Å²) in [5.74, 6) is 1.96. The number of carbonyl (C=O) groups is 1. The van der Waals surface area contributed by atoms with Crippen LogP contribution in [0.3, 0.4) is 0 Å². The van der Waals surface area contributed by atoms with Crippen LogP contribution in [0.5, 0.6) is 0 Å². The van der Waals surface area contributed by atoms with Crippen LogP contribution in [0.1, 0.15) is 49.8 Å². The largest absolute Gasteiger partial charge is 0.309 e. The van der Waals surface area contributed by atoms with Crippen molar-refractivity contribution in [3.63, 3.8) is 0 Å². The first kappa shape index (κ1) is 20.5. The number of hydrogen-bond donors (Lipinski definition) is 3. The maximum atomic E-state index is 12.5. The Balaban J connectivity index is 1.35. The molecule has 0 saturated heterocycles. The van der Waals surface area contributed by atoms with Gasteiger partial charge in [0.15, 0.2) is 16.4 Å². The minimum absolute atomic E-state index is 0.0935. The number of aromatic nitrogens is 5. The Morgan fingerprint density at radius 3 is 2.83 bits per heavy atom. The molecule has 0 bridgehead atoms. The van der Waals surface area contributed by atoms with Gasteiger partial charge in [-0.25, -0.2) is 0 Å². The fourth-order valence-corrected chi connectivity index (χ4v) is 4.40. The van der Waals surface area contributed by atoms with E-state index in [-0.39, 0.29) is 12.3 Å². The molecule has 1 aliphatic rings. The molecule has 1 aromatic carbocycles. The van der Waals surface area contributed by atoms with E-state index in [1.807, 2.05) is 35.8 Å². The van der Waals surface area contributed by atoms with E-state index >= 15 is 0 Å². The van der Waals surface area contributed by atoms with Crippen LogP contribution in [0.15, 0.2) is 30.3 Å². The number of carbonyl (C=O) groups excluding carboxylic acids is 1. The average Bonchev–Trinajstić information content (AvgIpc) is 3.33. The molecule has 7 nitrogen and oxygen atoms in total. The van der Waals surface area contributed by atoms with Gasteiger partial charge in [-0.05, 0) is 37.5 Å². The molecule has 2 heterocycles. The number of amides is 1. The predicted molar refractivity (Wildman–Crippen MR) is 120 cm³/mol. The lowest BCUT2D eigenvalue weighted by molar-refractivity contribution is -0.116. The summed E-state index contributed by atoms with van der Waals surface area (Å²) >= 11 is 5.36. The third-order valence-electron chi connectivity index (χ3n) is 5.73. The number of hydrogen-bond acceptors (Lipinski definition) is 4. The number of nitrogens with one attached hydrogen (secondary N) is 3. The molecule has 4 rings (SSSR count). The smallest absolute Gasteiger partial charge is 0.227 e. The third kappa shape index (κ3) is 5.05. The first-order valence-electron chi connectivity index (χ1n) is 10.6. The summed E-state index contributed by atoms with van der Waals surface area (Å²) in [4.78, 5) is 12.5. The van der Waals surface area contributed by atoms with E-state index in [1.165, 1.54) is 32.1 Å². The van der Waals surface area contributed by atoms with Crippen LogP contribution in [-0.4, -0.2) is 30.9 Å². The van der Waals surface area contributed by atoms with Crippen molar-refractivity contribution in [2.24, 2.45) is 5.92 Å². The first-order valence-corrected chi connectivity index (χ1v) is 11.1. The Morgan fingerprint density at radius 2 is 2.03 bits per heavy atom. The van der Waals surface area contributed by atoms with Gasteiger partial charge in [0.2, 0.25) is 5.91 Å². The lowest BCUT2D eigenvalue weighted by Crippen LogP contribution is -2.15. The van der Waals surface area contributed by atoms with Gasteiger partial charge in [0.1, 0.15) is 0 Å². The number of rotatable bonds is 7. The second kappa shape index (κ2) is 9.38. The highest BCUT2D eigenvalue weighted by molar-refractivity contribution is 7.71. The molecule has 1 aliphatic carbocycles. The zero-order valence-corrected chi connectivity index (χ0v) is 18.1. The normalized spacial score (nSPS) is 14.7. The number of aromatic amines is 2. The lowest BCUT2D eigenvalue weighted by Gasteiger charge is -2.20. The molecule has 2 aromatic heterocycles. The van der Waals surface area contributed by atoms with Crippen molar-refractivity contribution in [3.05, 3.63) is 46.4 Å². The maximum Gasteiger partial charge on any atom is 0.227 e. The van der Waals surface area contributed by atoms with Crippen molar-refractivity contribution >= 4 is 23.9 Å². The van der Waals surface area contributed by atoms with E-state index in [1.54, 1.807) is 0 Å². The molecule has 8 heteroatoms. The lowest BCUT2D eigenvalue weighted by atomic mass is 9.86.